The molecule has 0 aliphatic carbocycles. The number of imide groups is 1. The number of nitrogens with one attached hydrogen (secondary N) is 1. The van der Waals surface area contributed by atoms with E-state index in [2.05, 4.69) is 5.32 Å². The van der Waals surface area contributed by atoms with Crippen molar-refractivity contribution in [2.45, 2.75) is 24.2 Å². The maximum Gasteiger partial charge on any atom is 0.251 e. The molecule has 2 aromatic rings. The Labute approximate surface area is 160 Å². The lowest BCUT2D eigenvalue weighted by Gasteiger charge is -2.14. The van der Waals surface area contributed by atoms with Gasteiger partial charge in [0.15, 0.2) is 0 Å². The second-order valence-electron chi connectivity index (χ2n) is 6.09. The van der Waals surface area contributed by atoms with Crippen LogP contribution in [0.4, 0.5) is 10.1 Å². The summed E-state index contributed by atoms with van der Waals surface area (Å²) in [5, 5.41) is 2.83. The van der Waals surface area contributed by atoms with Crippen LogP contribution in [0.1, 0.15) is 29.6 Å². The highest BCUT2D eigenvalue weighted by molar-refractivity contribution is 7.99. The summed E-state index contributed by atoms with van der Waals surface area (Å²) < 4.78 is 12.9. The molecular weight excluding hydrogens is 367 g/mol. The van der Waals surface area contributed by atoms with Crippen LogP contribution in [0.25, 0.3) is 0 Å². The van der Waals surface area contributed by atoms with Crippen molar-refractivity contribution >= 4 is 35.2 Å². The van der Waals surface area contributed by atoms with Crippen molar-refractivity contribution in [3.05, 3.63) is 59.9 Å². The number of carbonyl (C=O) groups excluding carboxylic acids is 3. The Hall–Kier alpha value is -2.67. The maximum atomic E-state index is 12.9. The number of carbonyl (C=O) groups is 3. The van der Waals surface area contributed by atoms with E-state index in [1.807, 2.05) is 0 Å². The summed E-state index contributed by atoms with van der Waals surface area (Å²) in [7, 11) is 0. The van der Waals surface area contributed by atoms with Crippen LogP contribution in [-0.2, 0) is 9.59 Å². The van der Waals surface area contributed by atoms with E-state index in [1.54, 1.807) is 48.2 Å². The molecule has 1 fully saturated rings. The fraction of sp³-hybridized carbons (Fsp3) is 0.250. The molecule has 1 saturated heterocycles. The van der Waals surface area contributed by atoms with E-state index < -0.39 is 0 Å². The van der Waals surface area contributed by atoms with E-state index in [4.69, 9.17) is 0 Å². The van der Waals surface area contributed by atoms with Crippen LogP contribution in [0.5, 0.6) is 0 Å². The molecule has 1 aliphatic heterocycles. The molecule has 1 aliphatic rings. The third-order valence-corrected chi connectivity index (χ3v) is 5.21. The molecule has 27 heavy (non-hydrogen) atoms. The summed E-state index contributed by atoms with van der Waals surface area (Å²) in [5.41, 5.74) is 0.841. The molecule has 0 unspecified atom stereocenters. The number of benzene rings is 2. The van der Waals surface area contributed by atoms with Crippen LogP contribution >= 0.6 is 11.8 Å². The molecule has 1 heterocycles. The van der Waals surface area contributed by atoms with E-state index in [9.17, 15) is 18.8 Å². The van der Waals surface area contributed by atoms with Gasteiger partial charge in [0.2, 0.25) is 11.8 Å². The molecule has 0 bridgehead atoms. The summed E-state index contributed by atoms with van der Waals surface area (Å²) in [5.74, 6) is -0.192. The number of anilines is 1. The molecule has 3 rings (SSSR count). The standard InChI is InChI=1S/C20H19FN2O3S/c21-15-5-7-17(8-6-15)27-12-2-11-22-20(26)14-3-1-4-16(13-14)23-18(24)9-10-19(23)25/h1,3-8,13H,2,9-12H2,(H,22,26). The lowest BCUT2D eigenvalue weighted by Crippen LogP contribution is -2.29. The fourth-order valence-corrected chi connectivity index (χ4v) is 3.60. The van der Waals surface area contributed by atoms with Crippen LogP contribution in [0.3, 0.4) is 0 Å². The topological polar surface area (TPSA) is 66.5 Å². The molecule has 0 saturated carbocycles. The number of nitrogens with zero attached hydrogens (tertiary/aromatic N) is 1. The Bertz CT molecular complexity index is 839. The Morgan fingerprint density at radius 2 is 1.78 bits per heavy atom. The van der Waals surface area contributed by atoms with Crippen molar-refractivity contribution in [3.8, 4) is 0 Å². The van der Waals surface area contributed by atoms with Crippen molar-refractivity contribution in [3.63, 3.8) is 0 Å². The van der Waals surface area contributed by atoms with E-state index in [0.29, 0.717) is 17.8 Å². The Morgan fingerprint density at radius 3 is 2.48 bits per heavy atom. The predicted octanol–water partition coefficient (Wildman–Crippen LogP) is 3.39. The Morgan fingerprint density at radius 1 is 1.07 bits per heavy atom. The second kappa shape index (κ2) is 8.81. The fourth-order valence-electron chi connectivity index (χ4n) is 2.75. The SMILES string of the molecule is O=C(NCCCSc1ccc(F)cc1)c1cccc(N2C(=O)CCC2=O)c1. The van der Waals surface area contributed by atoms with E-state index >= 15 is 0 Å². The first kappa shape index (κ1) is 19.1. The maximum absolute atomic E-state index is 12.9. The molecule has 0 aromatic heterocycles. The first-order valence-corrected chi connectivity index (χ1v) is 9.65. The smallest absolute Gasteiger partial charge is 0.251 e. The average molecular weight is 386 g/mol. The molecule has 5 nitrogen and oxygen atoms in total. The Balaban J connectivity index is 1.48. The van der Waals surface area contributed by atoms with Crippen molar-refractivity contribution < 1.29 is 18.8 Å². The first-order chi connectivity index (χ1) is 13.0. The minimum atomic E-state index is -0.258. The molecule has 0 spiro atoms. The van der Waals surface area contributed by atoms with Crippen LogP contribution in [0.15, 0.2) is 53.4 Å². The molecule has 140 valence electrons. The van der Waals surface area contributed by atoms with Gasteiger partial charge in [-0.3, -0.25) is 19.3 Å². The van der Waals surface area contributed by atoms with Gasteiger partial charge in [-0.25, -0.2) is 4.39 Å². The van der Waals surface area contributed by atoms with Gasteiger partial charge in [0.05, 0.1) is 5.69 Å². The summed E-state index contributed by atoms with van der Waals surface area (Å²) in [4.78, 5) is 38.1. The van der Waals surface area contributed by atoms with Crippen LogP contribution in [0.2, 0.25) is 0 Å². The van der Waals surface area contributed by atoms with Gasteiger partial charge in [0, 0.05) is 29.8 Å². The summed E-state index contributed by atoms with van der Waals surface area (Å²) in [6.45, 7) is 0.499. The van der Waals surface area contributed by atoms with Crippen LogP contribution < -0.4 is 10.2 Å². The molecule has 0 radical (unpaired) electrons. The minimum absolute atomic E-state index is 0.209. The van der Waals surface area contributed by atoms with Crippen molar-refractivity contribution in [2.24, 2.45) is 0 Å². The van der Waals surface area contributed by atoms with Gasteiger partial charge in [0.1, 0.15) is 5.82 Å². The number of hydrogen-bond donors (Lipinski definition) is 1. The van der Waals surface area contributed by atoms with Gasteiger partial charge >= 0.3 is 0 Å². The number of halogens is 1. The van der Waals surface area contributed by atoms with Gasteiger partial charge < -0.3 is 5.32 Å². The van der Waals surface area contributed by atoms with Gasteiger partial charge in [-0.15, -0.1) is 11.8 Å². The molecule has 3 amide bonds. The normalized spacial score (nSPS) is 13.9. The summed E-state index contributed by atoms with van der Waals surface area (Å²) >= 11 is 1.60. The van der Waals surface area contributed by atoms with Crippen LogP contribution in [0, 0.1) is 5.82 Å². The third kappa shape index (κ3) is 4.95. The van der Waals surface area contributed by atoms with E-state index in [-0.39, 0.29) is 36.4 Å². The predicted molar refractivity (Wildman–Crippen MR) is 102 cm³/mol. The molecule has 1 N–H and O–H groups in total. The van der Waals surface area contributed by atoms with Crippen molar-refractivity contribution in [2.75, 3.05) is 17.2 Å². The van der Waals surface area contributed by atoms with Gasteiger partial charge in [0.25, 0.3) is 5.91 Å². The van der Waals surface area contributed by atoms with Gasteiger partial charge in [-0.05, 0) is 54.6 Å². The average Bonchev–Trinajstić information content (AvgIpc) is 3.01. The zero-order valence-electron chi connectivity index (χ0n) is 14.6. The lowest BCUT2D eigenvalue weighted by molar-refractivity contribution is -0.121. The largest absolute Gasteiger partial charge is 0.352 e. The van der Waals surface area contributed by atoms with Gasteiger partial charge in [-0.2, -0.15) is 0 Å². The lowest BCUT2D eigenvalue weighted by atomic mass is 10.1. The minimum Gasteiger partial charge on any atom is -0.352 e. The highest BCUT2D eigenvalue weighted by Gasteiger charge is 2.30. The van der Waals surface area contributed by atoms with Crippen molar-refractivity contribution in [1.82, 2.24) is 5.32 Å². The third-order valence-electron chi connectivity index (χ3n) is 4.11. The van der Waals surface area contributed by atoms with Crippen LogP contribution in [-0.4, -0.2) is 30.0 Å². The number of hydrogen-bond acceptors (Lipinski definition) is 4. The molecule has 2 aromatic carbocycles. The molecule has 0 atom stereocenters. The molecule has 7 heteroatoms. The van der Waals surface area contributed by atoms with Gasteiger partial charge in [-0.1, -0.05) is 6.07 Å². The zero-order valence-corrected chi connectivity index (χ0v) is 15.4. The number of rotatable bonds is 7. The highest BCUT2D eigenvalue weighted by atomic mass is 32.2. The second-order valence-corrected chi connectivity index (χ2v) is 7.25. The number of thioether (sulfide) groups is 1. The van der Waals surface area contributed by atoms with E-state index in [0.717, 1.165) is 22.0 Å². The first-order valence-electron chi connectivity index (χ1n) is 8.67. The summed E-state index contributed by atoms with van der Waals surface area (Å²) in [6, 6.07) is 12.8. The van der Waals surface area contributed by atoms with Crippen molar-refractivity contribution in [1.29, 1.82) is 0 Å². The monoisotopic (exact) mass is 386 g/mol. The summed E-state index contributed by atoms with van der Waals surface area (Å²) in [6.07, 6.45) is 1.18. The quantitative estimate of drug-likeness (QED) is 0.450. The number of amides is 3. The molecular formula is C20H19FN2O3S. The highest BCUT2D eigenvalue weighted by Crippen LogP contribution is 2.23. The zero-order chi connectivity index (χ0) is 19.2. The Kier molecular flexibility index (Phi) is 6.24. The van der Waals surface area contributed by atoms with E-state index in [1.165, 1.54) is 12.1 Å².